The van der Waals surface area contributed by atoms with Crippen molar-refractivity contribution in [2.45, 2.75) is 58.6 Å². The number of hydrogen-bond donors (Lipinski definition) is 0. The van der Waals surface area contributed by atoms with Crippen molar-refractivity contribution >= 4 is 5.97 Å². The van der Waals surface area contributed by atoms with Gasteiger partial charge in [0.05, 0.1) is 24.0 Å². The van der Waals surface area contributed by atoms with E-state index in [4.69, 9.17) is 4.74 Å². The number of aromatic nitrogens is 2. The first kappa shape index (κ1) is 17.3. The lowest BCUT2D eigenvalue weighted by Gasteiger charge is -2.19. The van der Waals surface area contributed by atoms with Gasteiger partial charge in [-0.25, -0.2) is 9.78 Å². The van der Waals surface area contributed by atoms with Gasteiger partial charge in [-0.2, -0.15) is 0 Å². The lowest BCUT2D eigenvalue weighted by Crippen LogP contribution is -2.15. The first-order valence-corrected chi connectivity index (χ1v) is 8.44. The SMILES string of the molecule is CCCC(C)OC(=O)c1ccc(C(CCC)n2ccnc2)cc1. The van der Waals surface area contributed by atoms with Crippen LogP contribution < -0.4 is 0 Å². The number of hydrogen-bond acceptors (Lipinski definition) is 3. The summed E-state index contributed by atoms with van der Waals surface area (Å²) in [6, 6.07) is 8.00. The van der Waals surface area contributed by atoms with Crippen LogP contribution in [-0.2, 0) is 4.74 Å². The van der Waals surface area contributed by atoms with Crippen LogP contribution in [0.4, 0.5) is 0 Å². The van der Waals surface area contributed by atoms with Crippen molar-refractivity contribution in [1.82, 2.24) is 9.55 Å². The molecule has 4 heteroatoms. The molecule has 0 amide bonds. The number of benzene rings is 1. The Hall–Kier alpha value is -2.10. The highest BCUT2D eigenvalue weighted by Crippen LogP contribution is 2.24. The van der Waals surface area contributed by atoms with E-state index in [0.717, 1.165) is 25.7 Å². The molecule has 0 aliphatic rings. The minimum absolute atomic E-state index is 0.0361. The molecule has 0 aliphatic carbocycles. The summed E-state index contributed by atoms with van der Waals surface area (Å²) < 4.78 is 7.55. The predicted octanol–water partition coefficient (Wildman–Crippen LogP) is 4.62. The van der Waals surface area contributed by atoms with Crippen LogP contribution in [0.5, 0.6) is 0 Å². The van der Waals surface area contributed by atoms with Crippen molar-refractivity contribution in [1.29, 1.82) is 0 Å². The topological polar surface area (TPSA) is 44.1 Å². The maximum absolute atomic E-state index is 12.1. The fraction of sp³-hybridized carbons (Fsp3) is 0.474. The van der Waals surface area contributed by atoms with Crippen molar-refractivity contribution in [3.05, 3.63) is 54.1 Å². The normalized spacial score (nSPS) is 13.5. The van der Waals surface area contributed by atoms with Crippen molar-refractivity contribution < 1.29 is 9.53 Å². The van der Waals surface area contributed by atoms with E-state index >= 15 is 0 Å². The number of esters is 1. The molecule has 2 aromatic rings. The van der Waals surface area contributed by atoms with Crippen LogP contribution >= 0.6 is 0 Å². The van der Waals surface area contributed by atoms with Gasteiger partial charge < -0.3 is 9.30 Å². The summed E-state index contributed by atoms with van der Waals surface area (Å²) in [6.07, 6.45) is 9.60. The molecule has 0 N–H and O–H groups in total. The molecule has 2 unspecified atom stereocenters. The maximum atomic E-state index is 12.1. The molecular formula is C19H26N2O2. The zero-order chi connectivity index (χ0) is 16.7. The summed E-state index contributed by atoms with van der Waals surface area (Å²) in [5.74, 6) is -0.243. The van der Waals surface area contributed by atoms with Gasteiger partial charge in [0.15, 0.2) is 0 Å². The standard InChI is InChI=1S/C19H26N2O2/c1-4-6-15(3)23-19(22)17-10-8-16(9-11-17)18(7-5-2)21-13-12-20-14-21/h8-15,18H,4-7H2,1-3H3. The van der Waals surface area contributed by atoms with Gasteiger partial charge in [0.25, 0.3) is 0 Å². The van der Waals surface area contributed by atoms with E-state index in [0.29, 0.717) is 5.56 Å². The van der Waals surface area contributed by atoms with Crippen LogP contribution in [0.15, 0.2) is 43.0 Å². The number of rotatable bonds is 8. The molecule has 0 spiro atoms. The molecule has 2 atom stereocenters. The lowest BCUT2D eigenvalue weighted by molar-refractivity contribution is 0.0323. The minimum atomic E-state index is -0.243. The predicted molar refractivity (Wildman–Crippen MR) is 91.5 cm³/mol. The summed E-state index contributed by atoms with van der Waals surface area (Å²) in [4.78, 5) is 16.3. The van der Waals surface area contributed by atoms with Crippen LogP contribution in [0.25, 0.3) is 0 Å². The molecule has 23 heavy (non-hydrogen) atoms. The minimum Gasteiger partial charge on any atom is -0.459 e. The van der Waals surface area contributed by atoms with E-state index in [1.54, 1.807) is 6.20 Å². The summed E-state index contributed by atoms with van der Waals surface area (Å²) in [5.41, 5.74) is 1.79. The van der Waals surface area contributed by atoms with Crippen LogP contribution in [-0.4, -0.2) is 21.6 Å². The number of nitrogens with zero attached hydrogens (tertiary/aromatic N) is 2. The van der Waals surface area contributed by atoms with Crippen LogP contribution in [0.3, 0.4) is 0 Å². The summed E-state index contributed by atoms with van der Waals surface area (Å²) in [6.45, 7) is 6.19. The average molecular weight is 314 g/mol. The second kappa shape index (κ2) is 8.51. The second-order valence-corrected chi connectivity index (χ2v) is 5.94. The Bertz CT molecular complexity index is 590. The van der Waals surface area contributed by atoms with Crippen LogP contribution in [0.2, 0.25) is 0 Å². The Balaban J connectivity index is 2.10. The highest BCUT2D eigenvalue weighted by atomic mass is 16.5. The quantitative estimate of drug-likeness (QED) is 0.668. The molecule has 0 bridgehead atoms. The lowest BCUT2D eigenvalue weighted by atomic mass is 10.0. The molecule has 0 fully saturated rings. The van der Waals surface area contributed by atoms with Gasteiger partial charge in [-0.1, -0.05) is 38.8 Å². The van der Waals surface area contributed by atoms with E-state index in [-0.39, 0.29) is 18.1 Å². The van der Waals surface area contributed by atoms with Gasteiger partial charge in [-0.3, -0.25) is 0 Å². The third-order valence-corrected chi connectivity index (χ3v) is 3.98. The van der Waals surface area contributed by atoms with Crippen LogP contribution in [0.1, 0.15) is 68.4 Å². The maximum Gasteiger partial charge on any atom is 0.338 e. The van der Waals surface area contributed by atoms with E-state index in [1.165, 1.54) is 5.56 Å². The smallest absolute Gasteiger partial charge is 0.338 e. The molecular weight excluding hydrogens is 288 g/mol. The van der Waals surface area contributed by atoms with Gasteiger partial charge >= 0.3 is 5.97 Å². The highest BCUT2D eigenvalue weighted by molar-refractivity contribution is 5.89. The first-order chi connectivity index (χ1) is 11.2. The van der Waals surface area contributed by atoms with Gasteiger partial charge in [-0.15, -0.1) is 0 Å². The molecule has 0 saturated heterocycles. The van der Waals surface area contributed by atoms with E-state index in [2.05, 4.69) is 23.4 Å². The number of ether oxygens (including phenoxy) is 1. The van der Waals surface area contributed by atoms with Gasteiger partial charge in [0, 0.05) is 12.4 Å². The van der Waals surface area contributed by atoms with Crippen molar-refractivity contribution in [3.63, 3.8) is 0 Å². The Morgan fingerprint density at radius 3 is 2.43 bits per heavy atom. The van der Waals surface area contributed by atoms with Crippen molar-refractivity contribution in [2.24, 2.45) is 0 Å². The molecule has 2 rings (SSSR count). The second-order valence-electron chi connectivity index (χ2n) is 5.94. The van der Waals surface area contributed by atoms with Crippen LogP contribution in [0, 0.1) is 0 Å². The molecule has 0 radical (unpaired) electrons. The van der Waals surface area contributed by atoms with E-state index < -0.39 is 0 Å². The zero-order valence-corrected chi connectivity index (χ0v) is 14.2. The monoisotopic (exact) mass is 314 g/mol. The zero-order valence-electron chi connectivity index (χ0n) is 14.2. The summed E-state index contributed by atoms with van der Waals surface area (Å²) in [7, 11) is 0. The van der Waals surface area contributed by atoms with Gasteiger partial charge in [0.2, 0.25) is 0 Å². The van der Waals surface area contributed by atoms with E-state index in [1.807, 2.05) is 43.7 Å². The third kappa shape index (κ3) is 4.68. The highest BCUT2D eigenvalue weighted by Gasteiger charge is 2.15. The number of carbonyl (C=O) groups excluding carboxylic acids is 1. The fourth-order valence-electron chi connectivity index (χ4n) is 2.77. The molecule has 1 aromatic carbocycles. The third-order valence-electron chi connectivity index (χ3n) is 3.98. The molecule has 4 nitrogen and oxygen atoms in total. The van der Waals surface area contributed by atoms with Crippen molar-refractivity contribution in [3.8, 4) is 0 Å². The van der Waals surface area contributed by atoms with Crippen molar-refractivity contribution in [2.75, 3.05) is 0 Å². The fourth-order valence-corrected chi connectivity index (χ4v) is 2.77. The van der Waals surface area contributed by atoms with Gasteiger partial charge in [-0.05, 0) is 37.5 Å². The molecule has 0 saturated carbocycles. The number of carbonyl (C=O) groups is 1. The van der Waals surface area contributed by atoms with E-state index in [9.17, 15) is 4.79 Å². The molecule has 124 valence electrons. The molecule has 1 aromatic heterocycles. The average Bonchev–Trinajstić information content (AvgIpc) is 3.07. The summed E-state index contributed by atoms with van der Waals surface area (Å²) in [5, 5.41) is 0. The molecule has 1 heterocycles. The number of imidazole rings is 1. The molecule has 0 aliphatic heterocycles. The Morgan fingerprint density at radius 2 is 1.87 bits per heavy atom. The Kier molecular flexibility index (Phi) is 6.39. The summed E-state index contributed by atoms with van der Waals surface area (Å²) >= 11 is 0. The van der Waals surface area contributed by atoms with Gasteiger partial charge in [0.1, 0.15) is 0 Å². The Labute approximate surface area is 138 Å². The largest absolute Gasteiger partial charge is 0.459 e. The first-order valence-electron chi connectivity index (χ1n) is 8.44. The Morgan fingerprint density at radius 1 is 1.17 bits per heavy atom.